The van der Waals surface area contributed by atoms with E-state index in [4.69, 9.17) is 11.6 Å². The van der Waals surface area contributed by atoms with Gasteiger partial charge >= 0.3 is 6.03 Å². The Morgan fingerprint density at radius 2 is 2.08 bits per heavy atom. The van der Waals surface area contributed by atoms with Gasteiger partial charge in [-0.15, -0.1) is 0 Å². The highest BCUT2D eigenvalue weighted by molar-refractivity contribution is 6.30. The summed E-state index contributed by atoms with van der Waals surface area (Å²) in [5, 5.41) is 20.3. The number of carbonyl (C=O) groups excluding carboxylic acids is 1. The molecule has 1 aromatic carbocycles. The molecule has 0 radical (unpaired) electrons. The Kier molecular flexibility index (Phi) is 4.78. The van der Waals surface area contributed by atoms with Crippen LogP contribution >= 0.6 is 11.6 Å². The van der Waals surface area contributed by atoms with E-state index in [0.717, 1.165) is 12.8 Å². The van der Waals surface area contributed by atoms with Crippen molar-refractivity contribution in [1.29, 1.82) is 0 Å². The molecule has 2 amide bonds. The predicted molar refractivity (Wildman–Crippen MR) is 91.9 cm³/mol. The third-order valence-corrected chi connectivity index (χ3v) is 4.72. The van der Waals surface area contributed by atoms with Crippen LogP contribution in [0.25, 0.3) is 0 Å². The molecule has 2 aromatic rings. The van der Waals surface area contributed by atoms with Gasteiger partial charge in [0, 0.05) is 42.3 Å². The second kappa shape index (κ2) is 6.83. The molecule has 1 aliphatic carbocycles. The van der Waals surface area contributed by atoms with Crippen molar-refractivity contribution in [3.8, 4) is 0 Å². The molecule has 6 nitrogen and oxygen atoms in total. The Balaban J connectivity index is 1.46. The fourth-order valence-corrected chi connectivity index (χ4v) is 2.88. The number of aryl methyl sites for hydroxylation is 1. The van der Waals surface area contributed by atoms with Gasteiger partial charge in [-0.1, -0.05) is 23.7 Å². The Bertz CT molecular complexity index is 710. The van der Waals surface area contributed by atoms with Gasteiger partial charge in [-0.3, -0.25) is 4.68 Å². The fraction of sp³-hybridized carbons (Fsp3) is 0.412. The summed E-state index contributed by atoms with van der Waals surface area (Å²) >= 11 is 5.92. The topological polar surface area (TPSA) is 79.2 Å². The number of hydrogen-bond donors (Lipinski definition) is 3. The van der Waals surface area contributed by atoms with E-state index in [1.807, 2.05) is 24.3 Å². The van der Waals surface area contributed by atoms with Gasteiger partial charge in [0.05, 0.1) is 12.3 Å². The minimum absolute atomic E-state index is 0.0178. The van der Waals surface area contributed by atoms with Gasteiger partial charge in [0.25, 0.3) is 0 Å². The first kappa shape index (κ1) is 16.8. The molecule has 24 heavy (non-hydrogen) atoms. The molecule has 1 saturated carbocycles. The van der Waals surface area contributed by atoms with Crippen molar-refractivity contribution in [3.63, 3.8) is 0 Å². The maximum atomic E-state index is 12.0. The molecule has 0 unspecified atom stereocenters. The van der Waals surface area contributed by atoms with E-state index in [-0.39, 0.29) is 18.0 Å². The fourth-order valence-electron chi connectivity index (χ4n) is 2.75. The number of rotatable bonds is 6. The van der Waals surface area contributed by atoms with Crippen molar-refractivity contribution < 1.29 is 9.90 Å². The summed E-state index contributed by atoms with van der Waals surface area (Å²) in [5.74, 6) is 0. The van der Waals surface area contributed by atoms with Crippen LogP contribution in [0.3, 0.4) is 0 Å². The number of nitrogens with one attached hydrogen (secondary N) is 2. The minimum Gasteiger partial charge on any atom is -0.386 e. The average Bonchev–Trinajstić information content (AvgIpc) is 3.24. The number of hydrogen-bond acceptors (Lipinski definition) is 3. The molecule has 3 rings (SSSR count). The van der Waals surface area contributed by atoms with Crippen LogP contribution in [0, 0.1) is 0 Å². The number of aliphatic hydroxyl groups excluding tert-OH is 1. The molecule has 0 spiro atoms. The largest absolute Gasteiger partial charge is 0.386 e. The summed E-state index contributed by atoms with van der Waals surface area (Å²) in [7, 11) is 1.78. The normalized spacial score (nSPS) is 16.5. The van der Waals surface area contributed by atoms with Crippen LogP contribution in [-0.2, 0) is 12.5 Å². The first-order valence-corrected chi connectivity index (χ1v) is 8.31. The molecule has 3 N–H and O–H groups in total. The van der Waals surface area contributed by atoms with E-state index in [1.165, 1.54) is 5.56 Å². The average molecular weight is 349 g/mol. The maximum absolute atomic E-state index is 12.0. The summed E-state index contributed by atoms with van der Waals surface area (Å²) in [6.07, 6.45) is 4.64. The number of aromatic nitrogens is 2. The van der Waals surface area contributed by atoms with E-state index < -0.39 is 6.10 Å². The Morgan fingerprint density at radius 1 is 1.38 bits per heavy atom. The van der Waals surface area contributed by atoms with Crippen molar-refractivity contribution in [2.45, 2.75) is 24.4 Å². The molecule has 1 heterocycles. The Labute approximate surface area is 145 Å². The van der Waals surface area contributed by atoms with Gasteiger partial charge in [-0.2, -0.15) is 5.10 Å². The van der Waals surface area contributed by atoms with Crippen LogP contribution in [0.2, 0.25) is 5.02 Å². The summed E-state index contributed by atoms with van der Waals surface area (Å²) in [4.78, 5) is 12.0. The lowest BCUT2D eigenvalue weighted by molar-refractivity contribution is 0.173. The van der Waals surface area contributed by atoms with Gasteiger partial charge in [-0.05, 0) is 30.5 Å². The molecule has 0 bridgehead atoms. The lowest BCUT2D eigenvalue weighted by Gasteiger charge is -2.17. The maximum Gasteiger partial charge on any atom is 0.314 e. The first-order valence-electron chi connectivity index (χ1n) is 7.93. The van der Waals surface area contributed by atoms with Crippen LogP contribution in [0.5, 0.6) is 0 Å². The zero-order valence-corrected chi connectivity index (χ0v) is 14.3. The van der Waals surface area contributed by atoms with Crippen molar-refractivity contribution in [1.82, 2.24) is 20.4 Å². The van der Waals surface area contributed by atoms with E-state index in [9.17, 15) is 9.90 Å². The van der Waals surface area contributed by atoms with E-state index in [1.54, 1.807) is 24.1 Å². The predicted octanol–water partition coefficient (Wildman–Crippen LogP) is 2.14. The highest BCUT2D eigenvalue weighted by Crippen LogP contribution is 2.47. The first-order chi connectivity index (χ1) is 11.5. The van der Waals surface area contributed by atoms with Gasteiger partial charge < -0.3 is 15.7 Å². The molecule has 0 aliphatic heterocycles. The Hall–Kier alpha value is -2.05. The molecule has 0 saturated heterocycles. The quantitative estimate of drug-likeness (QED) is 0.748. The molecule has 1 fully saturated rings. The highest BCUT2D eigenvalue weighted by atomic mass is 35.5. The number of aliphatic hydroxyl groups is 1. The summed E-state index contributed by atoms with van der Waals surface area (Å²) in [6.45, 7) is 0.717. The van der Waals surface area contributed by atoms with Crippen LogP contribution in [0.15, 0.2) is 36.7 Å². The zero-order valence-electron chi connectivity index (χ0n) is 13.5. The van der Waals surface area contributed by atoms with E-state index in [2.05, 4.69) is 15.7 Å². The molecule has 1 aromatic heterocycles. The molecule has 128 valence electrons. The number of urea groups is 1. The molecule has 7 heteroatoms. The second-order valence-electron chi connectivity index (χ2n) is 6.31. The molecular formula is C17H21ClN4O2. The third-order valence-electron chi connectivity index (χ3n) is 4.46. The number of carbonyl (C=O) groups is 1. The van der Waals surface area contributed by atoms with Crippen molar-refractivity contribution in [2.75, 3.05) is 13.1 Å². The van der Waals surface area contributed by atoms with Crippen LogP contribution in [0.4, 0.5) is 4.79 Å². The summed E-state index contributed by atoms with van der Waals surface area (Å²) in [6, 6.07) is 7.50. The van der Waals surface area contributed by atoms with Gasteiger partial charge in [0.2, 0.25) is 0 Å². The lowest BCUT2D eigenvalue weighted by Crippen LogP contribution is -2.41. The van der Waals surface area contributed by atoms with Gasteiger partial charge in [0.15, 0.2) is 0 Å². The van der Waals surface area contributed by atoms with Gasteiger partial charge in [-0.25, -0.2) is 4.79 Å². The number of amides is 2. The van der Waals surface area contributed by atoms with Gasteiger partial charge in [0.1, 0.15) is 0 Å². The van der Waals surface area contributed by atoms with Crippen LogP contribution < -0.4 is 10.6 Å². The second-order valence-corrected chi connectivity index (χ2v) is 6.75. The molecule has 1 aliphatic rings. The monoisotopic (exact) mass is 348 g/mol. The van der Waals surface area contributed by atoms with E-state index in [0.29, 0.717) is 17.1 Å². The number of benzene rings is 1. The summed E-state index contributed by atoms with van der Waals surface area (Å²) < 4.78 is 1.61. The number of nitrogens with zero attached hydrogens (tertiary/aromatic N) is 2. The number of halogens is 1. The highest BCUT2D eigenvalue weighted by Gasteiger charge is 2.44. The Morgan fingerprint density at radius 3 is 2.67 bits per heavy atom. The SMILES string of the molecule is Cn1cc([C@H](O)CNC(=O)NCC2(c3ccc(Cl)cc3)CC2)cn1. The van der Waals surface area contributed by atoms with Crippen molar-refractivity contribution in [2.24, 2.45) is 7.05 Å². The van der Waals surface area contributed by atoms with E-state index >= 15 is 0 Å². The lowest BCUT2D eigenvalue weighted by atomic mass is 9.96. The third kappa shape index (κ3) is 3.88. The summed E-state index contributed by atoms with van der Waals surface area (Å²) in [5.41, 5.74) is 1.89. The van der Waals surface area contributed by atoms with Crippen LogP contribution in [0.1, 0.15) is 30.1 Å². The minimum atomic E-state index is -0.768. The molecular weight excluding hydrogens is 328 g/mol. The van der Waals surface area contributed by atoms with Crippen molar-refractivity contribution >= 4 is 17.6 Å². The standard InChI is InChI=1S/C17H21ClN4O2/c1-22-10-12(8-21-22)15(23)9-19-16(24)20-11-17(6-7-17)13-2-4-14(18)5-3-13/h2-5,8,10,15,23H,6-7,9,11H2,1H3,(H2,19,20,24)/t15-/m1/s1. The van der Waals surface area contributed by atoms with Crippen LogP contribution in [-0.4, -0.2) is 34.0 Å². The zero-order chi connectivity index (χ0) is 17.2. The smallest absolute Gasteiger partial charge is 0.314 e. The van der Waals surface area contributed by atoms with Crippen molar-refractivity contribution in [3.05, 3.63) is 52.8 Å². The molecule has 1 atom stereocenters.